The van der Waals surface area contributed by atoms with E-state index in [-0.39, 0.29) is 0 Å². The summed E-state index contributed by atoms with van der Waals surface area (Å²) in [4.78, 5) is 5.16. The van der Waals surface area contributed by atoms with Crippen molar-refractivity contribution >= 4 is 82.9 Å². The van der Waals surface area contributed by atoms with E-state index in [1.54, 1.807) is 0 Å². The summed E-state index contributed by atoms with van der Waals surface area (Å²) in [5.74, 6) is 0. The molecule has 7 aromatic carbocycles. The lowest BCUT2D eigenvalue weighted by Crippen LogP contribution is -2.25. The molecule has 0 amide bonds. The van der Waals surface area contributed by atoms with E-state index in [1.165, 1.54) is 54.1 Å². The van der Waals surface area contributed by atoms with Gasteiger partial charge in [0.25, 0.3) is 0 Å². The van der Waals surface area contributed by atoms with Gasteiger partial charge in [-0.25, -0.2) is 4.98 Å². The molecular formula is C41H27N2PS. The van der Waals surface area contributed by atoms with Gasteiger partial charge in [0.1, 0.15) is 5.65 Å². The lowest BCUT2D eigenvalue weighted by atomic mass is 9.94. The first-order valence-electron chi connectivity index (χ1n) is 15.2. The first-order chi connectivity index (χ1) is 22.2. The van der Waals surface area contributed by atoms with Crippen LogP contribution in [0.4, 0.5) is 0 Å². The molecule has 0 N–H and O–H groups in total. The fraction of sp³-hybridized carbons (Fsp3) is 0. The molecule has 212 valence electrons. The molecule has 0 fully saturated rings. The van der Waals surface area contributed by atoms with Crippen LogP contribution < -0.4 is 15.9 Å². The highest BCUT2D eigenvalue weighted by Crippen LogP contribution is 2.47. The zero-order valence-electron chi connectivity index (χ0n) is 24.3. The predicted octanol–water partition coefficient (Wildman–Crippen LogP) is 9.37. The van der Waals surface area contributed by atoms with E-state index in [1.807, 2.05) is 0 Å². The molecule has 2 heterocycles. The average molecular weight is 611 g/mol. The quantitative estimate of drug-likeness (QED) is 0.146. The Morgan fingerprint density at radius 2 is 1.02 bits per heavy atom. The molecule has 0 saturated heterocycles. The zero-order chi connectivity index (χ0) is 30.0. The summed E-state index contributed by atoms with van der Waals surface area (Å²) in [5, 5.41) is 9.61. The molecule has 4 heteroatoms. The lowest BCUT2D eigenvalue weighted by Gasteiger charge is -2.26. The highest BCUT2D eigenvalue weighted by atomic mass is 32.4. The van der Waals surface area contributed by atoms with Crippen molar-refractivity contribution in [2.45, 2.75) is 0 Å². The molecule has 9 aromatic rings. The fourth-order valence-electron chi connectivity index (χ4n) is 7.06. The van der Waals surface area contributed by atoms with Crippen LogP contribution in [0.15, 0.2) is 164 Å². The molecule has 45 heavy (non-hydrogen) atoms. The number of para-hydroxylation sites is 3. The Morgan fingerprint density at radius 3 is 1.76 bits per heavy atom. The Labute approximate surface area is 266 Å². The van der Waals surface area contributed by atoms with Crippen molar-refractivity contribution in [3.8, 4) is 11.1 Å². The lowest BCUT2D eigenvalue weighted by molar-refractivity contribution is 1.32. The van der Waals surface area contributed by atoms with Gasteiger partial charge < -0.3 is 0 Å². The molecule has 0 bridgehead atoms. The average Bonchev–Trinajstić information content (AvgIpc) is 3.51. The molecule has 9 rings (SSSR count). The summed E-state index contributed by atoms with van der Waals surface area (Å²) in [5.41, 5.74) is 6.63. The monoisotopic (exact) mass is 610 g/mol. The molecule has 0 unspecified atom stereocenters. The molecule has 2 nitrogen and oxygen atoms in total. The van der Waals surface area contributed by atoms with Gasteiger partial charge in [-0.15, -0.1) is 0 Å². The maximum Gasteiger partial charge on any atom is 0.146 e. The molecule has 0 saturated carbocycles. The Morgan fingerprint density at radius 1 is 0.444 bits per heavy atom. The van der Waals surface area contributed by atoms with E-state index in [0.29, 0.717) is 0 Å². The highest BCUT2D eigenvalue weighted by Gasteiger charge is 2.27. The second-order valence-corrected chi connectivity index (χ2v) is 15.8. The fourth-order valence-corrected chi connectivity index (χ4v) is 11.1. The summed E-state index contributed by atoms with van der Waals surface area (Å²) in [6.07, 6.45) is 0. The van der Waals surface area contributed by atoms with Crippen LogP contribution in [0.1, 0.15) is 0 Å². The summed E-state index contributed by atoms with van der Waals surface area (Å²) >= 11 is 6.82. The van der Waals surface area contributed by atoms with Crippen molar-refractivity contribution in [1.82, 2.24) is 9.38 Å². The number of imidazole rings is 1. The van der Waals surface area contributed by atoms with Gasteiger partial charge in [0.2, 0.25) is 0 Å². The van der Waals surface area contributed by atoms with E-state index in [9.17, 15) is 0 Å². The molecular weight excluding hydrogens is 584 g/mol. The van der Waals surface area contributed by atoms with E-state index < -0.39 is 6.04 Å². The van der Waals surface area contributed by atoms with Gasteiger partial charge in [-0.2, -0.15) is 0 Å². The number of hydrogen-bond acceptors (Lipinski definition) is 2. The van der Waals surface area contributed by atoms with Crippen LogP contribution in [0.3, 0.4) is 0 Å². The molecule has 0 aliphatic carbocycles. The SMILES string of the molecule is S=P(c1ccccc1)(c1ccccc1)c1ccc(-c2cccc3c4ccccc4c4nc5ccccc5n4c23)c2ccccc12. The Balaban J connectivity index is 1.41. The van der Waals surface area contributed by atoms with Crippen molar-refractivity contribution in [3.63, 3.8) is 0 Å². The first-order valence-corrected chi connectivity index (χ1v) is 18.0. The topological polar surface area (TPSA) is 17.3 Å². The van der Waals surface area contributed by atoms with Crippen molar-refractivity contribution in [2.24, 2.45) is 0 Å². The van der Waals surface area contributed by atoms with Gasteiger partial charge in [0, 0.05) is 27.7 Å². The van der Waals surface area contributed by atoms with Gasteiger partial charge in [0.05, 0.1) is 16.6 Å². The molecule has 0 spiro atoms. The molecule has 0 atom stereocenters. The minimum absolute atomic E-state index is 0.983. The second-order valence-electron chi connectivity index (χ2n) is 11.5. The molecule has 2 aromatic heterocycles. The van der Waals surface area contributed by atoms with E-state index in [2.05, 4.69) is 168 Å². The Kier molecular flexibility index (Phi) is 5.99. The van der Waals surface area contributed by atoms with Crippen LogP contribution in [0.25, 0.3) is 60.3 Å². The van der Waals surface area contributed by atoms with Crippen molar-refractivity contribution in [2.75, 3.05) is 0 Å². The smallest absolute Gasteiger partial charge is 0.146 e. The summed E-state index contributed by atoms with van der Waals surface area (Å²) in [7, 11) is 0. The zero-order valence-corrected chi connectivity index (χ0v) is 26.0. The maximum absolute atomic E-state index is 6.82. The number of benzene rings is 7. The van der Waals surface area contributed by atoms with Crippen LogP contribution in [0.2, 0.25) is 0 Å². The van der Waals surface area contributed by atoms with Crippen molar-refractivity contribution in [3.05, 3.63) is 164 Å². The summed E-state index contributed by atoms with van der Waals surface area (Å²) in [6, 6.07) is 56.2. The van der Waals surface area contributed by atoms with E-state index in [4.69, 9.17) is 16.8 Å². The first kappa shape index (κ1) is 26.3. The standard InChI is InChI=1S/C41H27N2PS/c45-44(28-14-3-1-4-15-28,29-16-5-2-6-17-29)39-27-26-32(30-18-7-9-20-33(30)39)35-23-13-22-34-31-19-8-10-21-36(31)41-42-37-24-11-12-25-38(37)43(41)40(34)35/h1-27H. The van der Waals surface area contributed by atoms with Gasteiger partial charge in [0.15, 0.2) is 0 Å². The number of hydrogen-bond donors (Lipinski definition) is 0. The second kappa shape index (κ2) is 10.2. The van der Waals surface area contributed by atoms with Crippen LogP contribution in [0.5, 0.6) is 0 Å². The summed E-state index contributed by atoms with van der Waals surface area (Å²) in [6.45, 7) is 0. The largest absolute Gasteiger partial charge is 0.291 e. The highest BCUT2D eigenvalue weighted by molar-refractivity contribution is 8.25. The molecule has 0 aliphatic rings. The third-order valence-corrected chi connectivity index (χ3v) is 14.0. The normalized spacial score (nSPS) is 12.1. The number of pyridine rings is 1. The molecule has 0 aliphatic heterocycles. The van der Waals surface area contributed by atoms with Crippen LogP contribution >= 0.6 is 6.04 Å². The Bertz CT molecular complexity index is 2580. The van der Waals surface area contributed by atoms with Crippen molar-refractivity contribution < 1.29 is 0 Å². The van der Waals surface area contributed by atoms with E-state index in [0.717, 1.165) is 22.1 Å². The number of rotatable bonds is 4. The van der Waals surface area contributed by atoms with Gasteiger partial charge in [-0.05, 0) is 44.5 Å². The van der Waals surface area contributed by atoms with Crippen LogP contribution in [-0.4, -0.2) is 9.38 Å². The number of nitrogens with zero attached hydrogens (tertiary/aromatic N) is 2. The minimum Gasteiger partial charge on any atom is -0.291 e. The third kappa shape index (κ3) is 3.88. The summed E-state index contributed by atoms with van der Waals surface area (Å²) < 4.78 is 2.36. The number of fused-ring (bicyclic) bond motifs is 9. The van der Waals surface area contributed by atoms with Crippen LogP contribution in [-0.2, 0) is 11.8 Å². The number of aromatic nitrogens is 2. The van der Waals surface area contributed by atoms with Gasteiger partial charge in [-0.3, -0.25) is 4.40 Å². The predicted molar refractivity (Wildman–Crippen MR) is 197 cm³/mol. The molecule has 0 radical (unpaired) electrons. The van der Waals surface area contributed by atoms with Crippen molar-refractivity contribution in [1.29, 1.82) is 0 Å². The van der Waals surface area contributed by atoms with Gasteiger partial charge in [-0.1, -0.05) is 163 Å². The third-order valence-electron chi connectivity index (χ3n) is 9.05. The minimum atomic E-state index is -2.36. The maximum atomic E-state index is 6.82. The van der Waals surface area contributed by atoms with Crippen LogP contribution in [0, 0.1) is 0 Å². The van der Waals surface area contributed by atoms with Gasteiger partial charge >= 0.3 is 0 Å². The Hall–Kier alpha value is -5.08. The van der Waals surface area contributed by atoms with E-state index >= 15 is 0 Å².